The molecule has 5 aromatic carbocycles. The van der Waals surface area contributed by atoms with Gasteiger partial charge in [0.1, 0.15) is 17.0 Å². The molecule has 6 aromatic rings. The van der Waals surface area contributed by atoms with Gasteiger partial charge in [-0.05, 0) is 166 Å². The maximum atomic E-state index is 14.5. The van der Waals surface area contributed by atoms with Crippen molar-refractivity contribution >= 4 is 101 Å². The van der Waals surface area contributed by atoms with E-state index in [-0.39, 0.29) is 60.2 Å². The molecular formula is C84H109ClF3N11O11S4. The first-order chi connectivity index (χ1) is 54.2. The average molecular weight is 1670 g/mol. The molecule has 618 valence electrons. The molecule has 4 aliphatic heterocycles. The van der Waals surface area contributed by atoms with Crippen LogP contribution in [0.15, 0.2) is 147 Å². The number of piperazine rings is 2. The third kappa shape index (κ3) is 23.0. The molecule has 4 fully saturated rings. The Labute approximate surface area is 682 Å². The van der Waals surface area contributed by atoms with Crippen LogP contribution in [0.1, 0.15) is 152 Å². The fourth-order valence-electron chi connectivity index (χ4n) is 16.1. The smallest absolute Gasteiger partial charge is 0.391 e. The topological polar surface area (TPSA) is 264 Å². The van der Waals surface area contributed by atoms with Crippen LogP contribution in [0.25, 0.3) is 16.0 Å². The van der Waals surface area contributed by atoms with Crippen molar-refractivity contribution in [2.75, 3.05) is 114 Å². The number of alkyl halides is 3. The number of aliphatic hydroxyl groups excluding tert-OH is 1. The number of nitrogens with one attached hydrogen (secondary N) is 4. The van der Waals surface area contributed by atoms with Gasteiger partial charge in [0, 0.05) is 150 Å². The monoisotopic (exact) mass is 1670 g/mol. The number of halogens is 4. The predicted octanol–water partition coefficient (Wildman–Crippen LogP) is 12.9. The summed E-state index contributed by atoms with van der Waals surface area (Å²) >= 11 is 9.42. The summed E-state index contributed by atoms with van der Waals surface area (Å²) < 4.78 is 105. The van der Waals surface area contributed by atoms with E-state index >= 15 is 0 Å². The Morgan fingerprint density at radius 2 is 1.47 bits per heavy atom. The number of benzene rings is 5. The van der Waals surface area contributed by atoms with Gasteiger partial charge in [0.15, 0.2) is 0 Å². The predicted molar refractivity (Wildman–Crippen MR) is 443 cm³/mol. The van der Waals surface area contributed by atoms with Crippen LogP contribution < -0.4 is 25.6 Å². The summed E-state index contributed by atoms with van der Waals surface area (Å²) in [4.78, 5) is 86.2. The van der Waals surface area contributed by atoms with Gasteiger partial charge in [-0.2, -0.15) is 13.2 Å². The van der Waals surface area contributed by atoms with Crippen molar-refractivity contribution in [1.29, 1.82) is 0 Å². The summed E-state index contributed by atoms with van der Waals surface area (Å²) in [7, 11) is -11.0. The number of aryl methyl sites for hydroxylation is 1. The highest BCUT2D eigenvalue weighted by Gasteiger charge is 2.49. The van der Waals surface area contributed by atoms with Crippen LogP contribution >= 0.6 is 34.7 Å². The number of ether oxygens (including phenoxy) is 1. The van der Waals surface area contributed by atoms with E-state index < -0.39 is 82.3 Å². The fourth-order valence-corrected chi connectivity index (χ4v) is 20.1. The Morgan fingerprint density at radius 3 is 2.15 bits per heavy atom. The number of thiazole rings is 1. The van der Waals surface area contributed by atoms with Gasteiger partial charge >= 0.3 is 5.51 Å². The maximum Gasteiger partial charge on any atom is 0.501 e. The number of β-amino-alcohol motifs (C(OH)–C–C–N with tert-alkyl or cyclic N) is 1. The lowest BCUT2D eigenvalue weighted by Crippen LogP contribution is -2.57. The number of unbranched alkanes of at least 4 members (excludes halogenated alkanes) is 3. The van der Waals surface area contributed by atoms with E-state index in [4.69, 9.17) is 16.3 Å². The molecular weight excluding hydrogens is 1560 g/mol. The van der Waals surface area contributed by atoms with E-state index in [2.05, 4.69) is 66.5 Å². The number of allylic oxidation sites excluding steroid dienone is 1. The molecule has 30 heteroatoms. The van der Waals surface area contributed by atoms with E-state index in [1.54, 1.807) is 23.5 Å². The van der Waals surface area contributed by atoms with Gasteiger partial charge in [0.05, 0.1) is 45.4 Å². The van der Waals surface area contributed by atoms with Crippen molar-refractivity contribution < 1.29 is 63.8 Å². The lowest BCUT2D eigenvalue weighted by molar-refractivity contribution is -0.144. The number of likely N-dealkylation sites (tertiary alicyclic amines) is 1. The second-order valence-corrected chi connectivity index (χ2v) is 38.4. The minimum atomic E-state index is -6.12. The Bertz CT molecular complexity index is 4560. The zero-order chi connectivity index (χ0) is 81.7. The summed E-state index contributed by atoms with van der Waals surface area (Å²) in [5, 5.41) is 20.5. The third-order valence-electron chi connectivity index (χ3n) is 22.5. The Kier molecular flexibility index (Phi) is 29.7. The molecule has 5 heterocycles. The Balaban J connectivity index is 0.628. The molecule has 1 aliphatic carbocycles. The Morgan fingerprint density at radius 1 is 0.781 bits per heavy atom. The molecule has 5 amide bonds. The van der Waals surface area contributed by atoms with Gasteiger partial charge in [0.25, 0.3) is 25.8 Å². The van der Waals surface area contributed by atoms with Gasteiger partial charge in [-0.15, -0.1) is 23.1 Å². The van der Waals surface area contributed by atoms with Gasteiger partial charge < -0.3 is 45.4 Å². The highest BCUT2D eigenvalue weighted by atomic mass is 35.5. The second kappa shape index (κ2) is 38.8. The van der Waals surface area contributed by atoms with Crippen molar-refractivity contribution in [3.63, 3.8) is 0 Å². The number of hydrogen-bond acceptors (Lipinski definition) is 19. The molecule has 5 N–H and O–H groups in total. The summed E-state index contributed by atoms with van der Waals surface area (Å²) in [5.74, 6) is -1.65. The number of hydrogen-bond donors (Lipinski definition) is 5. The number of aromatic nitrogens is 1. The number of carbonyl (C=O) groups is 5. The van der Waals surface area contributed by atoms with Crippen LogP contribution in [0, 0.1) is 17.8 Å². The number of thioether (sulfide) groups is 1. The van der Waals surface area contributed by atoms with Gasteiger partial charge in [0.2, 0.25) is 23.6 Å². The fraction of sp³-hybridized carbons (Fsp3) is 0.524. The quantitative estimate of drug-likeness (QED) is 0.0200. The lowest BCUT2D eigenvalue weighted by atomic mass is 9.71. The molecule has 22 nitrogen and oxygen atoms in total. The summed E-state index contributed by atoms with van der Waals surface area (Å²) in [6.07, 6.45) is 6.52. The first-order valence-electron chi connectivity index (χ1n) is 39.6. The number of anilines is 2. The third-order valence-corrected chi connectivity index (χ3v) is 27.8. The molecule has 114 heavy (non-hydrogen) atoms. The lowest BCUT2D eigenvalue weighted by Gasteiger charge is -2.46. The SMILES string of the molecule is Cc1ncsc1-c1ccc([C@H](C)NC(=O)[C@@H]2C[C@@H](O)CN2C(=O)[C@@H](NC(=O)CCCCCCC(=O)N2CCN(C[C@]3(C)CCC(c4ccc(Cl)cc4)=C(CN4CCN(c5ccc(C(=O)NS(=O)(=O)c6ccc(N[C@H](CCN7CCCOCC7)CSc7ccccc7)c(S(=O)(=O)C(F)(F)F)c6)cc5)CC4)C3)C[C@@H]2C)C(C)(C)C)cc1. The highest BCUT2D eigenvalue weighted by Crippen LogP contribution is 2.45. The summed E-state index contributed by atoms with van der Waals surface area (Å²) in [5.41, 5.74) is 2.35. The highest BCUT2D eigenvalue weighted by molar-refractivity contribution is 7.99. The van der Waals surface area contributed by atoms with Crippen LogP contribution in [0.5, 0.6) is 0 Å². The number of aliphatic hydroxyl groups is 1. The number of rotatable bonds is 31. The second-order valence-electron chi connectivity index (χ2n) is 32.5. The van der Waals surface area contributed by atoms with Crippen LogP contribution in [0.2, 0.25) is 5.02 Å². The molecule has 11 rings (SSSR count). The van der Waals surface area contributed by atoms with E-state index in [0.29, 0.717) is 88.5 Å². The minimum absolute atomic E-state index is 0.0179. The minimum Gasteiger partial charge on any atom is -0.391 e. The molecule has 4 saturated heterocycles. The first kappa shape index (κ1) is 87.4. The van der Waals surface area contributed by atoms with Crippen LogP contribution in [-0.4, -0.2) is 221 Å². The van der Waals surface area contributed by atoms with E-state index in [1.807, 2.05) is 116 Å². The Hall–Kier alpha value is -7.45. The molecule has 0 bridgehead atoms. The van der Waals surface area contributed by atoms with Crippen LogP contribution in [-0.2, 0) is 43.8 Å². The van der Waals surface area contributed by atoms with Crippen molar-refractivity contribution in [3.05, 3.63) is 160 Å². The van der Waals surface area contributed by atoms with Crippen molar-refractivity contribution in [2.24, 2.45) is 10.8 Å². The number of carbonyl (C=O) groups excluding carboxylic acids is 5. The molecule has 0 saturated carbocycles. The van der Waals surface area contributed by atoms with Crippen molar-refractivity contribution in [3.8, 4) is 10.4 Å². The largest absolute Gasteiger partial charge is 0.501 e. The molecule has 0 unspecified atom stereocenters. The van der Waals surface area contributed by atoms with Gasteiger partial charge in [-0.3, -0.25) is 33.8 Å². The first-order valence-corrected chi connectivity index (χ1v) is 44.8. The van der Waals surface area contributed by atoms with Crippen molar-refractivity contribution in [2.45, 2.75) is 182 Å². The van der Waals surface area contributed by atoms with Crippen LogP contribution in [0.3, 0.4) is 0 Å². The molecule has 1 aromatic heterocycles. The number of nitrogens with zero attached hydrogens (tertiary/aromatic N) is 7. The number of sulfonamides is 1. The van der Waals surface area contributed by atoms with Crippen molar-refractivity contribution in [1.82, 2.24) is 44.8 Å². The number of amides is 5. The zero-order valence-electron chi connectivity index (χ0n) is 66.2. The normalized spacial score (nSPS) is 20.7. The summed E-state index contributed by atoms with van der Waals surface area (Å²) in [6.45, 7) is 23.6. The van der Waals surface area contributed by atoms with E-state index in [0.717, 1.165) is 134 Å². The van der Waals surface area contributed by atoms with Gasteiger partial charge in [-0.25, -0.2) is 26.5 Å². The average Bonchev–Trinajstić information content (AvgIpc) is 0.797. The molecule has 0 radical (unpaired) electrons. The number of sulfone groups is 1. The summed E-state index contributed by atoms with van der Waals surface area (Å²) in [6, 6.07) is 31.4. The molecule has 7 atom stereocenters. The van der Waals surface area contributed by atoms with E-state index in [9.17, 15) is 59.1 Å². The van der Waals surface area contributed by atoms with Crippen LogP contribution in [0.4, 0.5) is 24.5 Å². The van der Waals surface area contributed by atoms with E-state index in [1.165, 1.54) is 39.9 Å². The molecule has 5 aliphatic rings. The van der Waals surface area contributed by atoms with Gasteiger partial charge in [-0.1, -0.05) is 112 Å². The zero-order valence-corrected chi connectivity index (χ0v) is 70.2. The maximum absolute atomic E-state index is 14.5. The standard InChI is InChI=1S/C84H109ClF3N11O11S4/c1-57-51-96(41-44-98(57)76(102)19-14-9-8-13-18-75(101)92-78(82(4,5)6)81(105)99-53-68(100)48-73(99)80(104)90-58(2)60-20-22-62(23-21-60)77-59(3)89-56-112-77)55-83(7)36-34-71(61-24-28-65(85)29-25-61)64(50-83)52-95-39-42-97(43-40-95)67-30-26-63(27-31-67)79(103)93-114(108,109)70-32-33-72(74(49-70)113(106,107)84(86,87)88)91-66(54-111-69-16-11-10-12-17-69)35-38-94-37-15-46-110-47-45-94/h10-12,16-17,20-33,49,56-58,66,68,73,78,91,100H,8-9,13-15,18-19,34-48,50-55H2,1-7H3,(H,90,104)(H,92,101)(H,93,103)/t57-,58-,66+,68+,73-,78+,83+/m0/s1. The molecule has 0 spiro atoms.